The molecule has 0 saturated carbocycles. The number of aromatic nitrogens is 1. The molecule has 0 aliphatic heterocycles. The Kier molecular flexibility index (Phi) is 3.10. The van der Waals surface area contributed by atoms with Crippen LogP contribution < -0.4 is 5.43 Å². The third-order valence-corrected chi connectivity index (χ3v) is 4.54. The first-order valence-corrected chi connectivity index (χ1v) is 8.29. The number of rotatable bonds is 2. The third kappa shape index (κ3) is 2.29. The second-order valence-corrected chi connectivity index (χ2v) is 6.05. The average molecular weight is 321 g/mol. The van der Waals surface area contributed by atoms with Crippen LogP contribution in [-0.2, 0) is 0 Å². The predicted octanol–water partition coefficient (Wildman–Crippen LogP) is 5.08. The molecular formula is C22H15N3. The van der Waals surface area contributed by atoms with Gasteiger partial charge in [-0.2, -0.15) is 5.10 Å². The number of benzene rings is 3. The molecule has 0 unspecified atom stereocenters. The van der Waals surface area contributed by atoms with E-state index in [4.69, 9.17) is 0 Å². The molecule has 0 amide bonds. The molecule has 1 aliphatic rings. The van der Waals surface area contributed by atoms with Crippen LogP contribution in [0, 0.1) is 0 Å². The van der Waals surface area contributed by atoms with Gasteiger partial charge in [-0.25, -0.2) is 4.98 Å². The van der Waals surface area contributed by atoms with Crippen molar-refractivity contribution in [1.82, 2.24) is 4.98 Å². The Bertz CT molecular complexity index is 1080. The summed E-state index contributed by atoms with van der Waals surface area (Å²) in [7, 11) is 0. The molecule has 0 fully saturated rings. The summed E-state index contributed by atoms with van der Waals surface area (Å²) in [5.74, 6) is 0.744. The minimum Gasteiger partial charge on any atom is -0.261 e. The fourth-order valence-electron chi connectivity index (χ4n) is 3.36. The highest BCUT2D eigenvalue weighted by molar-refractivity contribution is 6.24. The monoisotopic (exact) mass is 321 g/mol. The molecule has 3 nitrogen and oxygen atoms in total. The van der Waals surface area contributed by atoms with Gasteiger partial charge >= 0.3 is 0 Å². The number of nitrogens with zero attached hydrogens (tertiary/aromatic N) is 2. The van der Waals surface area contributed by atoms with Crippen molar-refractivity contribution in [3.8, 4) is 11.1 Å². The average Bonchev–Trinajstić information content (AvgIpc) is 3.00. The number of anilines is 1. The highest BCUT2D eigenvalue weighted by Gasteiger charge is 2.23. The summed E-state index contributed by atoms with van der Waals surface area (Å²) >= 11 is 0. The minimum atomic E-state index is 0.744. The highest BCUT2D eigenvalue weighted by Crippen LogP contribution is 2.36. The molecule has 0 spiro atoms. The number of hydrogen-bond donors (Lipinski definition) is 1. The zero-order chi connectivity index (χ0) is 16.6. The molecule has 5 rings (SSSR count). The summed E-state index contributed by atoms with van der Waals surface area (Å²) in [5.41, 5.74) is 9.81. The number of fused-ring (bicyclic) bond motifs is 4. The summed E-state index contributed by atoms with van der Waals surface area (Å²) in [6.07, 6.45) is 0. The number of pyridine rings is 1. The van der Waals surface area contributed by atoms with E-state index in [2.05, 4.69) is 76.2 Å². The molecule has 0 bridgehead atoms. The van der Waals surface area contributed by atoms with Gasteiger partial charge in [-0.3, -0.25) is 5.43 Å². The fraction of sp³-hybridized carbons (Fsp3) is 0. The third-order valence-electron chi connectivity index (χ3n) is 4.54. The Labute approximate surface area is 145 Å². The lowest BCUT2D eigenvalue weighted by molar-refractivity contribution is 1.26. The van der Waals surface area contributed by atoms with E-state index >= 15 is 0 Å². The molecular weight excluding hydrogens is 306 g/mol. The molecule has 0 radical (unpaired) electrons. The minimum absolute atomic E-state index is 0.744. The number of hydrogen-bond acceptors (Lipinski definition) is 3. The smallest absolute Gasteiger partial charge is 0.146 e. The highest BCUT2D eigenvalue weighted by atomic mass is 15.3. The van der Waals surface area contributed by atoms with E-state index < -0.39 is 0 Å². The first-order valence-electron chi connectivity index (χ1n) is 8.29. The van der Waals surface area contributed by atoms with E-state index in [1.54, 1.807) is 0 Å². The SMILES string of the molecule is c1ccc2c(c1)C(=NNc1ccc3ccccc3n1)c1ccccc1-2. The van der Waals surface area contributed by atoms with E-state index in [1.807, 2.05) is 24.3 Å². The maximum atomic E-state index is 4.69. The molecule has 118 valence electrons. The van der Waals surface area contributed by atoms with Crippen molar-refractivity contribution in [3.05, 3.63) is 96.1 Å². The Morgan fingerprint density at radius 2 is 1.20 bits per heavy atom. The van der Waals surface area contributed by atoms with Gasteiger partial charge in [-0.15, -0.1) is 0 Å². The Morgan fingerprint density at radius 3 is 1.92 bits per heavy atom. The topological polar surface area (TPSA) is 37.3 Å². The van der Waals surface area contributed by atoms with Crippen molar-refractivity contribution < 1.29 is 0 Å². The molecule has 0 atom stereocenters. The van der Waals surface area contributed by atoms with Crippen LogP contribution >= 0.6 is 0 Å². The lowest BCUT2D eigenvalue weighted by Crippen LogP contribution is -2.03. The second-order valence-electron chi connectivity index (χ2n) is 6.05. The fourth-order valence-corrected chi connectivity index (χ4v) is 3.36. The summed E-state index contributed by atoms with van der Waals surface area (Å²) in [5, 5.41) is 5.81. The van der Waals surface area contributed by atoms with Crippen molar-refractivity contribution >= 4 is 22.4 Å². The van der Waals surface area contributed by atoms with Gasteiger partial charge in [0.2, 0.25) is 0 Å². The van der Waals surface area contributed by atoms with Gasteiger partial charge in [0.25, 0.3) is 0 Å². The first-order chi connectivity index (χ1) is 12.4. The second kappa shape index (κ2) is 5.56. The van der Waals surface area contributed by atoms with Crippen LogP contribution in [0.4, 0.5) is 5.82 Å². The number of nitrogens with one attached hydrogen (secondary N) is 1. The maximum Gasteiger partial charge on any atom is 0.146 e. The molecule has 1 aromatic heterocycles. The van der Waals surface area contributed by atoms with E-state index in [1.165, 1.54) is 11.1 Å². The van der Waals surface area contributed by atoms with Gasteiger partial charge in [0.15, 0.2) is 0 Å². The molecule has 3 heteroatoms. The molecule has 25 heavy (non-hydrogen) atoms. The van der Waals surface area contributed by atoms with Crippen molar-refractivity contribution in [1.29, 1.82) is 0 Å². The maximum absolute atomic E-state index is 4.69. The summed E-state index contributed by atoms with van der Waals surface area (Å²) in [4.78, 5) is 4.63. The van der Waals surface area contributed by atoms with Gasteiger partial charge in [0.1, 0.15) is 5.82 Å². The van der Waals surface area contributed by atoms with Crippen molar-refractivity contribution in [2.45, 2.75) is 0 Å². The predicted molar refractivity (Wildman–Crippen MR) is 103 cm³/mol. The van der Waals surface area contributed by atoms with Gasteiger partial charge in [-0.1, -0.05) is 66.7 Å². The molecule has 0 saturated heterocycles. The normalized spacial score (nSPS) is 11.9. The summed E-state index contributed by atoms with van der Waals surface area (Å²) < 4.78 is 0. The Morgan fingerprint density at radius 1 is 0.600 bits per heavy atom. The van der Waals surface area contributed by atoms with E-state index in [0.29, 0.717) is 0 Å². The van der Waals surface area contributed by atoms with Gasteiger partial charge in [0, 0.05) is 16.5 Å². The van der Waals surface area contributed by atoms with E-state index in [0.717, 1.165) is 33.6 Å². The standard InChI is InChI=1S/C22H15N3/c1-6-12-20-15(7-1)13-14-21(23-20)24-25-22-18-10-4-2-8-16(18)17-9-3-5-11-19(17)22/h1-14H,(H,23,24). The Balaban J connectivity index is 1.58. The zero-order valence-electron chi connectivity index (χ0n) is 13.5. The van der Waals surface area contributed by atoms with E-state index in [-0.39, 0.29) is 0 Å². The number of hydrazone groups is 1. The molecule has 4 aromatic rings. The first kappa shape index (κ1) is 13.9. The van der Waals surface area contributed by atoms with Crippen LogP contribution in [0.5, 0.6) is 0 Å². The molecule has 1 heterocycles. The van der Waals surface area contributed by atoms with Crippen LogP contribution in [0.15, 0.2) is 90.0 Å². The summed E-state index contributed by atoms with van der Waals surface area (Å²) in [6.45, 7) is 0. The largest absolute Gasteiger partial charge is 0.261 e. The lowest BCUT2D eigenvalue weighted by atomic mass is 10.1. The van der Waals surface area contributed by atoms with Crippen molar-refractivity contribution in [2.75, 3.05) is 5.43 Å². The number of para-hydroxylation sites is 1. The van der Waals surface area contributed by atoms with Gasteiger partial charge < -0.3 is 0 Å². The van der Waals surface area contributed by atoms with Crippen LogP contribution in [0.25, 0.3) is 22.0 Å². The molecule has 1 N–H and O–H groups in total. The van der Waals surface area contributed by atoms with Crippen molar-refractivity contribution in [3.63, 3.8) is 0 Å². The van der Waals surface area contributed by atoms with Gasteiger partial charge in [-0.05, 0) is 29.3 Å². The van der Waals surface area contributed by atoms with Gasteiger partial charge in [0.05, 0.1) is 11.2 Å². The Hall–Kier alpha value is -3.46. The van der Waals surface area contributed by atoms with Crippen LogP contribution in [0.3, 0.4) is 0 Å². The van der Waals surface area contributed by atoms with Crippen LogP contribution in [-0.4, -0.2) is 10.7 Å². The van der Waals surface area contributed by atoms with Crippen LogP contribution in [0.1, 0.15) is 11.1 Å². The lowest BCUT2D eigenvalue weighted by Gasteiger charge is -2.05. The van der Waals surface area contributed by atoms with Crippen LogP contribution in [0.2, 0.25) is 0 Å². The van der Waals surface area contributed by atoms with E-state index in [9.17, 15) is 0 Å². The summed E-state index contributed by atoms with van der Waals surface area (Å²) in [6, 6.07) is 28.8. The molecule has 3 aromatic carbocycles. The quantitative estimate of drug-likeness (QED) is 0.460. The zero-order valence-corrected chi connectivity index (χ0v) is 13.5. The molecule has 1 aliphatic carbocycles. The van der Waals surface area contributed by atoms with Crippen molar-refractivity contribution in [2.24, 2.45) is 5.10 Å².